The van der Waals surface area contributed by atoms with Gasteiger partial charge in [-0.15, -0.1) is 9.24 Å². The molecule has 0 amide bonds. The number of hydrogen-bond donors (Lipinski definition) is 1. The third-order valence-corrected chi connectivity index (χ3v) is 2.03. The zero-order chi connectivity index (χ0) is 6.08. The lowest BCUT2D eigenvalue weighted by atomic mass is 10.0. The van der Waals surface area contributed by atoms with Gasteiger partial charge in [0.2, 0.25) is 0 Å². The minimum Gasteiger partial charge on any atom is -0.325 e. The Balaban J connectivity index is 3.54. The van der Waals surface area contributed by atoms with Crippen molar-refractivity contribution in [1.29, 1.82) is 0 Å². The summed E-state index contributed by atoms with van der Waals surface area (Å²) in [5.74, 6) is 0. The highest BCUT2D eigenvalue weighted by Crippen LogP contribution is 2.12. The third-order valence-electron chi connectivity index (χ3n) is 1.17. The molecule has 0 saturated heterocycles. The molecule has 2 heteroatoms. The molecule has 0 aromatic heterocycles. The summed E-state index contributed by atoms with van der Waals surface area (Å²) >= 11 is 0. The van der Waals surface area contributed by atoms with Gasteiger partial charge in [0, 0.05) is 5.54 Å². The molecule has 0 aromatic rings. The first kappa shape index (κ1) is 7.39. The van der Waals surface area contributed by atoms with E-state index < -0.39 is 0 Å². The van der Waals surface area contributed by atoms with Crippen LogP contribution in [0.4, 0.5) is 0 Å². The van der Waals surface area contributed by atoms with Crippen molar-refractivity contribution >= 4 is 9.24 Å². The first-order chi connectivity index (χ1) is 2.94. The van der Waals surface area contributed by atoms with Crippen molar-refractivity contribution in [3.8, 4) is 0 Å². The van der Waals surface area contributed by atoms with Crippen LogP contribution in [0, 0.1) is 0 Å². The highest BCUT2D eigenvalue weighted by Gasteiger charge is 2.14. The maximum atomic E-state index is 5.66. The minimum absolute atomic E-state index is 0.0370. The Bertz CT molecular complexity index is 53.6. The van der Waals surface area contributed by atoms with Crippen molar-refractivity contribution in [3.05, 3.63) is 0 Å². The predicted octanol–water partition coefficient (Wildman–Crippen LogP) is 0.987. The van der Waals surface area contributed by atoms with E-state index in [9.17, 15) is 0 Å². The molecule has 44 valence electrons. The van der Waals surface area contributed by atoms with Crippen LogP contribution in [0.1, 0.15) is 20.8 Å². The van der Waals surface area contributed by atoms with Crippen LogP contribution in [0.5, 0.6) is 0 Å². The highest BCUT2D eigenvalue weighted by atomic mass is 31.0. The molecule has 0 aliphatic heterocycles. The molecule has 0 aromatic carbocycles. The van der Waals surface area contributed by atoms with Crippen LogP contribution >= 0.6 is 9.24 Å². The maximum Gasteiger partial charge on any atom is 0.0157 e. The molecule has 2 unspecified atom stereocenters. The van der Waals surface area contributed by atoms with Gasteiger partial charge >= 0.3 is 0 Å². The lowest BCUT2D eigenvalue weighted by Crippen LogP contribution is -2.39. The van der Waals surface area contributed by atoms with Gasteiger partial charge in [-0.1, -0.05) is 6.92 Å². The van der Waals surface area contributed by atoms with Crippen molar-refractivity contribution < 1.29 is 0 Å². The molecule has 0 fully saturated rings. The molecule has 0 heterocycles. The van der Waals surface area contributed by atoms with Crippen LogP contribution in [0.3, 0.4) is 0 Å². The van der Waals surface area contributed by atoms with E-state index in [4.69, 9.17) is 5.73 Å². The first-order valence-corrected chi connectivity index (χ1v) is 3.15. The second-order valence-corrected chi connectivity index (χ2v) is 3.61. The largest absolute Gasteiger partial charge is 0.325 e. The van der Waals surface area contributed by atoms with E-state index in [1.54, 1.807) is 0 Å². The fourth-order valence-corrected chi connectivity index (χ4v) is 0. The fraction of sp³-hybridized carbons (Fsp3) is 1.00. The molecule has 0 spiro atoms. The van der Waals surface area contributed by atoms with Crippen LogP contribution in [0.15, 0.2) is 0 Å². The van der Waals surface area contributed by atoms with E-state index in [-0.39, 0.29) is 5.54 Å². The molecule has 0 aliphatic rings. The van der Waals surface area contributed by atoms with Gasteiger partial charge in [0.1, 0.15) is 0 Å². The summed E-state index contributed by atoms with van der Waals surface area (Å²) in [4.78, 5) is 0. The lowest BCUT2D eigenvalue weighted by Gasteiger charge is -2.22. The Hall–Kier alpha value is 0.390. The Morgan fingerprint density at radius 1 is 1.57 bits per heavy atom. The van der Waals surface area contributed by atoms with Gasteiger partial charge in [-0.25, -0.2) is 0 Å². The van der Waals surface area contributed by atoms with Gasteiger partial charge in [0.25, 0.3) is 0 Å². The molecule has 0 bridgehead atoms. The summed E-state index contributed by atoms with van der Waals surface area (Å²) in [6, 6.07) is 0. The summed E-state index contributed by atoms with van der Waals surface area (Å²) in [6.45, 7) is 6.12. The Labute approximate surface area is 47.9 Å². The van der Waals surface area contributed by atoms with Crippen LogP contribution in [-0.4, -0.2) is 11.2 Å². The van der Waals surface area contributed by atoms with Crippen molar-refractivity contribution in [1.82, 2.24) is 0 Å². The standard InChI is InChI=1S/C5H14NP/c1-4(7)5(2,3)6/h4H,6-7H2,1-3H3. The van der Waals surface area contributed by atoms with Gasteiger partial charge < -0.3 is 5.73 Å². The van der Waals surface area contributed by atoms with Crippen LogP contribution < -0.4 is 5.73 Å². The van der Waals surface area contributed by atoms with Crippen molar-refractivity contribution in [2.24, 2.45) is 5.73 Å². The van der Waals surface area contributed by atoms with Gasteiger partial charge in [-0.3, -0.25) is 0 Å². The number of hydrogen-bond acceptors (Lipinski definition) is 1. The van der Waals surface area contributed by atoms with E-state index in [0.717, 1.165) is 0 Å². The predicted molar refractivity (Wildman–Crippen MR) is 37.4 cm³/mol. The van der Waals surface area contributed by atoms with Gasteiger partial charge in [-0.05, 0) is 19.5 Å². The average molecular weight is 119 g/mol. The van der Waals surface area contributed by atoms with E-state index in [0.29, 0.717) is 5.66 Å². The average Bonchev–Trinajstić information content (AvgIpc) is 1.31. The Morgan fingerprint density at radius 2 is 1.71 bits per heavy atom. The monoisotopic (exact) mass is 119 g/mol. The zero-order valence-electron chi connectivity index (χ0n) is 5.23. The Kier molecular flexibility index (Phi) is 2.22. The van der Waals surface area contributed by atoms with Crippen LogP contribution in [-0.2, 0) is 0 Å². The van der Waals surface area contributed by atoms with Gasteiger partial charge in [-0.2, -0.15) is 0 Å². The molecule has 2 atom stereocenters. The van der Waals surface area contributed by atoms with E-state index >= 15 is 0 Å². The quantitative estimate of drug-likeness (QED) is 0.512. The zero-order valence-corrected chi connectivity index (χ0v) is 6.39. The summed E-state index contributed by atoms with van der Waals surface area (Å²) in [7, 11) is 2.68. The number of rotatable bonds is 1. The normalized spacial score (nSPS) is 16.7. The van der Waals surface area contributed by atoms with E-state index in [2.05, 4.69) is 16.2 Å². The summed E-state index contributed by atoms with van der Waals surface area (Å²) in [6.07, 6.45) is 0. The SMILES string of the molecule is CC(P)C(C)(C)N. The summed E-state index contributed by atoms with van der Waals surface area (Å²) < 4.78 is 0. The second-order valence-electron chi connectivity index (χ2n) is 2.61. The van der Waals surface area contributed by atoms with Crippen LogP contribution in [0.25, 0.3) is 0 Å². The molecular weight excluding hydrogens is 105 g/mol. The Morgan fingerprint density at radius 3 is 1.71 bits per heavy atom. The molecule has 1 nitrogen and oxygen atoms in total. The topological polar surface area (TPSA) is 26.0 Å². The molecule has 0 rings (SSSR count). The molecular formula is C5H14NP. The lowest BCUT2D eigenvalue weighted by molar-refractivity contribution is 0.514. The fourth-order valence-electron chi connectivity index (χ4n) is 0. The maximum absolute atomic E-state index is 5.66. The van der Waals surface area contributed by atoms with Gasteiger partial charge in [0.05, 0.1) is 0 Å². The first-order valence-electron chi connectivity index (χ1n) is 2.49. The van der Waals surface area contributed by atoms with Crippen molar-refractivity contribution in [2.45, 2.75) is 32.0 Å². The molecule has 2 N–H and O–H groups in total. The van der Waals surface area contributed by atoms with Gasteiger partial charge in [0.15, 0.2) is 0 Å². The molecule has 0 aliphatic carbocycles. The van der Waals surface area contributed by atoms with E-state index in [1.165, 1.54) is 0 Å². The van der Waals surface area contributed by atoms with Crippen LogP contribution in [0.2, 0.25) is 0 Å². The third kappa shape index (κ3) is 3.02. The smallest absolute Gasteiger partial charge is 0.0157 e. The number of nitrogens with two attached hydrogens (primary N) is 1. The second kappa shape index (κ2) is 2.11. The summed E-state index contributed by atoms with van der Waals surface area (Å²) in [5, 5.41) is 0. The summed E-state index contributed by atoms with van der Waals surface area (Å²) in [5.41, 5.74) is 6.11. The molecule has 0 radical (unpaired) electrons. The molecule has 0 saturated carbocycles. The van der Waals surface area contributed by atoms with E-state index in [1.807, 2.05) is 13.8 Å². The van der Waals surface area contributed by atoms with Crippen molar-refractivity contribution in [3.63, 3.8) is 0 Å². The highest BCUT2D eigenvalue weighted by molar-refractivity contribution is 7.17. The van der Waals surface area contributed by atoms with Crippen molar-refractivity contribution in [2.75, 3.05) is 0 Å². The minimum atomic E-state index is -0.0370. The molecule has 7 heavy (non-hydrogen) atoms.